The lowest BCUT2D eigenvalue weighted by Crippen LogP contribution is -2.06. The van der Waals surface area contributed by atoms with Crippen LogP contribution in [0.15, 0.2) is 12.1 Å². The molecule has 5 nitrogen and oxygen atoms in total. The summed E-state index contributed by atoms with van der Waals surface area (Å²) in [6.07, 6.45) is 0.298. The molecule has 0 aliphatic carbocycles. The minimum Gasteiger partial charge on any atom is -0.493 e. The van der Waals surface area contributed by atoms with E-state index in [1.807, 2.05) is 19.1 Å². The molecule has 0 atom stereocenters. The maximum absolute atomic E-state index is 10.8. The second-order valence-corrected chi connectivity index (χ2v) is 6.84. The molecule has 0 spiro atoms. The summed E-state index contributed by atoms with van der Waals surface area (Å²) in [4.78, 5) is 0. The van der Waals surface area contributed by atoms with Crippen molar-refractivity contribution in [3.63, 3.8) is 0 Å². The Balaban J connectivity index is 2.76. The minimum absolute atomic E-state index is 0.134. The van der Waals surface area contributed by atoms with Gasteiger partial charge in [0.1, 0.15) is 0 Å². The number of hydrogen-bond acceptors (Lipinski definition) is 5. The van der Waals surface area contributed by atoms with Crippen LogP contribution in [-0.2, 0) is 9.05 Å². The third-order valence-corrected chi connectivity index (χ3v) is 3.62. The van der Waals surface area contributed by atoms with Crippen LogP contribution in [0.3, 0.4) is 0 Å². The van der Waals surface area contributed by atoms with E-state index < -0.39 is 9.05 Å². The van der Waals surface area contributed by atoms with Gasteiger partial charge in [-0.05, 0) is 31.0 Å². The van der Waals surface area contributed by atoms with E-state index in [9.17, 15) is 8.42 Å². The van der Waals surface area contributed by atoms with E-state index in [0.717, 1.165) is 5.56 Å². The summed E-state index contributed by atoms with van der Waals surface area (Å²) in [5.74, 6) is 1.42. The van der Waals surface area contributed by atoms with E-state index >= 15 is 0 Å². The van der Waals surface area contributed by atoms with Gasteiger partial charge in [-0.3, -0.25) is 0 Å². The van der Waals surface area contributed by atoms with Crippen LogP contribution >= 0.6 is 10.7 Å². The zero-order chi connectivity index (χ0) is 14.5. The van der Waals surface area contributed by atoms with Gasteiger partial charge in [0.2, 0.25) is 14.8 Å². The van der Waals surface area contributed by atoms with Crippen molar-refractivity contribution in [3.05, 3.63) is 17.7 Å². The first kappa shape index (κ1) is 15.9. The van der Waals surface area contributed by atoms with E-state index in [1.165, 1.54) is 14.2 Å². The molecule has 108 valence electrons. The zero-order valence-electron chi connectivity index (χ0n) is 11.1. The minimum atomic E-state index is -3.49. The lowest BCUT2D eigenvalue weighted by Gasteiger charge is -2.15. The quantitative estimate of drug-likeness (QED) is 0.571. The van der Waals surface area contributed by atoms with Crippen molar-refractivity contribution in [1.82, 2.24) is 0 Å². The number of ether oxygens (including phenoxy) is 3. The molecule has 0 heterocycles. The number of aryl methyl sites for hydroxylation is 1. The van der Waals surface area contributed by atoms with Crippen molar-refractivity contribution < 1.29 is 22.6 Å². The predicted molar refractivity (Wildman–Crippen MR) is 74.0 cm³/mol. The Bertz CT molecular complexity index is 502. The summed E-state index contributed by atoms with van der Waals surface area (Å²) in [5, 5.41) is 0. The van der Waals surface area contributed by atoms with E-state index in [1.54, 1.807) is 0 Å². The standard InChI is InChI=1S/C12H17ClO5S/c1-9-7-10(16-2)12(11(8-9)17-3)18-5-4-6-19(13,14)15/h7-8H,4-6H2,1-3H3. The summed E-state index contributed by atoms with van der Waals surface area (Å²) in [6, 6.07) is 3.63. The first-order chi connectivity index (χ1) is 8.87. The van der Waals surface area contributed by atoms with Crippen molar-refractivity contribution in [3.8, 4) is 17.2 Å². The molecule has 0 N–H and O–H groups in total. The van der Waals surface area contributed by atoms with Gasteiger partial charge in [0.15, 0.2) is 11.5 Å². The molecule has 0 unspecified atom stereocenters. The molecule has 1 rings (SSSR count). The molecule has 0 aromatic heterocycles. The van der Waals surface area contributed by atoms with Crippen LogP contribution in [0.5, 0.6) is 17.2 Å². The molecule has 0 aliphatic heterocycles. The molecular weight excluding hydrogens is 292 g/mol. The zero-order valence-corrected chi connectivity index (χ0v) is 12.7. The first-order valence-corrected chi connectivity index (χ1v) is 8.13. The first-order valence-electron chi connectivity index (χ1n) is 5.65. The van der Waals surface area contributed by atoms with Crippen molar-refractivity contribution in [2.24, 2.45) is 0 Å². The number of methoxy groups -OCH3 is 2. The molecule has 1 aromatic carbocycles. The van der Waals surface area contributed by atoms with Crippen LogP contribution in [0.25, 0.3) is 0 Å². The maximum atomic E-state index is 10.8. The fraction of sp³-hybridized carbons (Fsp3) is 0.500. The smallest absolute Gasteiger partial charge is 0.232 e. The topological polar surface area (TPSA) is 61.8 Å². The predicted octanol–water partition coefficient (Wildman–Crippen LogP) is 2.35. The van der Waals surface area contributed by atoms with Gasteiger partial charge in [0, 0.05) is 10.7 Å². The van der Waals surface area contributed by atoms with Crippen molar-refractivity contribution >= 4 is 19.7 Å². The lowest BCUT2D eigenvalue weighted by atomic mass is 10.2. The second-order valence-electron chi connectivity index (χ2n) is 3.94. The normalized spacial score (nSPS) is 11.2. The van der Waals surface area contributed by atoms with Crippen LogP contribution in [0.2, 0.25) is 0 Å². The molecule has 0 amide bonds. The lowest BCUT2D eigenvalue weighted by molar-refractivity contribution is 0.275. The van der Waals surface area contributed by atoms with Crippen molar-refractivity contribution in [2.45, 2.75) is 13.3 Å². The number of halogens is 1. The molecule has 0 saturated heterocycles. The van der Waals surface area contributed by atoms with Crippen LogP contribution in [0.1, 0.15) is 12.0 Å². The SMILES string of the molecule is COc1cc(C)cc(OC)c1OCCCS(=O)(=O)Cl. The average Bonchev–Trinajstić information content (AvgIpc) is 2.33. The molecule has 0 radical (unpaired) electrons. The Morgan fingerprint density at radius 1 is 1.16 bits per heavy atom. The number of benzene rings is 1. The molecule has 0 aliphatic rings. The largest absolute Gasteiger partial charge is 0.493 e. The van der Waals surface area contributed by atoms with Gasteiger partial charge in [-0.25, -0.2) is 8.42 Å². The van der Waals surface area contributed by atoms with Gasteiger partial charge in [0.05, 0.1) is 26.6 Å². The van der Waals surface area contributed by atoms with Crippen LogP contribution in [0, 0.1) is 6.92 Å². The van der Waals surface area contributed by atoms with Crippen LogP contribution in [-0.4, -0.2) is 35.0 Å². The third kappa shape index (κ3) is 5.16. The van der Waals surface area contributed by atoms with Gasteiger partial charge in [-0.2, -0.15) is 0 Å². The molecule has 1 aromatic rings. The Hall–Kier alpha value is -1.14. The van der Waals surface area contributed by atoms with Gasteiger partial charge < -0.3 is 14.2 Å². The van der Waals surface area contributed by atoms with E-state index in [0.29, 0.717) is 23.7 Å². The fourth-order valence-electron chi connectivity index (χ4n) is 1.56. The Kier molecular flexibility index (Phi) is 5.75. The van der Waals surface area contributed by atoms with Gasteiger partial charge in [0.25, 0.3) is 0 Å². The molecule has 0 fully saturated rings. The fourth-order valence-corrected chi connectivity index (χ4v) is 2.35. The number of rotatable bonds is 7. The van der Waals surface area contributed by atoms with Crippen molar-refractivity contribution in [1.29, 1.82) is 0 Å². The van der Waals surface area contributed by atoms with Gasteiger partial charge >= 0.3 is 0 Å². The molecule has 19 heavy (non-hydrogen) atoms. The highest BCUT2D eigenvalue weighted by atomic mass is 35.7. The molecule has 0 saturated carbocycles. The summed E-state index contributed by atoms with van der Waals surface area (Å²) in [6.45, 7) is 2.12. The monoisotopic (exact) mass is 308 g/mol. The average molecular weight is 309 g/mol. The van der Waals surface area contributed by atoms with E-state index in [-0.39, 0.29) is 12.4 Å². The Labute approximate surface area is 117 Å². The highest BCUT2D eigenvalue weighted by Crippen LogP contribution is 2.38. The van der Waals surface area contributed by atoms with E-state index in [4.69, 9.17) is 24.9 Å². The van der Waals surface area contributed by atoms with Gasteiger partial charge in [-0.1, -0.05) is 0 Å². The van der Waals surface area contributed by atoms with Crippen LogP contribution in [0.4, 0.5) is 0 Å². The third-order valence-electron chi connectivity index (χ3n) is 2.38. The molecular formula is C12H17ClO5S. The summed E-state index contributed by atoms with van der Waals surface area (Å²) < 4.78 is 37.5. The maximum Gasteiger partial charge on any atom is 0.232 e. The summed E-state index contributed by atoms with van der Waals surface area (Å²) in [7, 11) is 4.70. The Morgan fingerprint density at radius 2 is 1.68 bits per heavy atom. The summed E-state index contributed by atoms with van der Waals surface area (Å²) >= 11 is 0. The van der Waals surface area contributed by atoms with E-state index in [2.05, 4.69) is 0 Å². The van der Waals surface area contributed by atoms with Crippen molar-refractivity contribution in [2.75, 3.05) is 26.6 Å². The van der Waals surface area contributed by atoms with Crippen LogP contribution < -0.4 is 14.2 Å². The summed E-state index contributed by atoms with van der Waals surface area (Å²) in [5.41, 5.74) is 0.976. The highest BCUT2D eigenvalue weighted by molar-refractivity contribution is 8.13. The highest BCUT2D eigenvalue weighted by Gasteiger charge is 2.13. The molecule has 7 heteroatoms. The number of hydrogen-bond donors (Lipinski definition) is 0. The van der Waals surface area contributed by atoms with Gasteiger partial charge in [-0.15, -0.1) is 0 Å². The molecule has 0 bridgehead atoms. The Morgan fingerprint density at radius 3 is 2.11 bits per heavy atom. The second kappa shape index (κ2) is 6.86.